The van der Waals surface area contributed by atoms with E-state index in [4.69, 9.17) is 4.74 Å². The van der Waals surface area contributed by atoms with Crippen LogP contribution in [0.2, 0.25) is 0 Å². The molecule has 1 unspecified atom stereocenters. The molecule has 1 atom stereocenters. The van der Waals surface area contributed by atoms with Crippen molar-refractivity contribution in [3.05, 3.63) is 57.6 Å². The zero-order chi connectivity index (χ0) is 14.9. The molecule has 0 radical (unpaired) electrons. The monoisotopic (exact) mass is 342 g/mol. The zero-order valence-electron chi connectivity index (χ0n) is 11.0. The second-order valence-corrected chi connectivity index (χ2v) is 5.41. The molecular formula is C15H13BrF2O2. The lowest BCUT2D eigenvalue weighted by molar-refractivity contribution is 0.195. The number of aliphatic hydroxyl groups is 1. The van der Waals surface area contributed by atoms with Gasteiger partial charge in [-0.05, 0) is 49.7 Å². The van der Waals surface area contributed by atoms with Gasteiger partial charge in [0, 0.05) is 10.0 Å². The van der Waals surface area contributed by atoms with Gasteiger partial charge in [-0.15, -0.1) is 0 Å². The van der Waals surface area contributed by atoms with Crippen molar-refractivity contribution < 1.29 is 18.6 Å². The fourth-order valence-electron chi connectivity index (χ4n) is 1.76. The van der Waals surface area contributed by atoms with Crippen molar-refractivity contribution in [3.8, 4) is 11.5 Å². The van der Waals surface area contributed by atoms with Crippen molar-refractivity contribution >= 4 is 15.9 Å². The molecule has 2 aromatic carbocycles. The van der Waals surface area contributed by atoms with Crippen molar-refractivity contribution in [3.63, 3.8) is 0 Å². The first kappa shape index (κ1) is 14.9. The van der Waals surface area contributed by atoms with E-state index >= 15 is 0 Å². The van der Waals surface area contributed by atoms with Gasteiger partial charge in [-0.2, -0.15) is 0 Å². The molecule has 0 aliphatic carbocycles. The van der Waals surface area contributed by atoms with Crippen LogP contribution in [0.1, 0.15) is 24.2 Å². The molecule has 0 heterocycles. The van der Waals surface area contributed by atoms with Crippen LogP contribution in [0.4, 0.5) is 8.78 Å². The second-order valence-electron chi connectivity index (χ2n) is 4.49. The fourth-order valence-corrected chi connectivity index (χ4v) is 2.09. The van der Waals surface area contributed by atoms with E-state index < -0.39 is 17.7 Å². The Morgan fingerprint density at radius 3 is 2.40 bits per heavy atom. The number of hydrogen-bond acceptors (Lipinski definition) is 2. The summed E-state index contributed by atoms with van der Waals surface area (Å²) in [6, 6.07) is 7.01. The van der Waals surface area contributed by atoms with E-state index in [2.05, 4.69) is 15.9 Å². The van der Waals surface area contributed by atoms with Crippen LogP contribution < -0.4 is 4.74 Å². The lowest BCUT2D eigenvalue weighted by Crippen LogP contribution is -2.00. The Labute approximate surface area is 124 Å². The third-order valence-corrected chi connectivity index (χ3v) is 3.35. The van der Waals surface area contributed by atoms with Gasteiger partial charge in [0.25, 0.3) is 0 Å². The lowest BCUT2D eigenvalue weighted by atomic mass is 10.1. The van der Waals surface area contributed by atoms with Gasteiger partial charge in [-0.25, -0.2) is 8.78 Å². The molecule has 0 aliphatic heterocycles. The summed E-state index contributed by atoms with van der Waals surface area (Å²) >= 11 is 3.16. The molecule has 0 bridgehead atoms. The Kier molecular flexibility index (Phi) is 4.40. The Hall–Kier alpha value is -1.46. The summed E-state index contributed by atoms with van der Waals surface area (Å²) in [5.74, 6) is -0.733. The molecule has 0 saturated carbocycles. The summed E-state index contributed by atoms with van der Waals surface area (Å²) in [5, 5.41) is 9.66. The van der Waals surface area contributed by atoms with E-state index in [-0.39, 0.29) is 17.1 Å². The molecule has 106 valence electrons. The summed E-state index contributed by atoms with van der Waals surface area (Å²) in [7, 11) is 0. The standard InChI is InChI=1S/C15H13BrF2O2/c1-8-5-15(11(9(2)19)7-12(8)17)20-14-4-3-10(16)6-13(14)18/h3-7,9,19H,1-2H3. The van der Waals surface area contributed by atoms with E-state index in [0.717, 1.165) is 0 Å². The molecule has 0 amide bonds. The predicted molar refractivity (Wildman–Crippen MR) is 75.9 cm³/mol. The van der Waals surface area contributed by atoms with Gasteiger partial charge in [0.1, 0.15) is 11.6 Å². The van der Waals surface area contributed by atoms with E-state index in [9.17, 15) is 13.9 Å². The third-order valence-electron chi connectivity index (χ3n) is 2.85. The summed E-state index contributed by atoms with van der Waals surface area (Å²) < 4.78 is 33.4. The minimum absolute atomic E-state index is 0.0149. The highest BCUT2D eigenvalue weighted by molar-refractivity contribution is 9.10. The average Bonchev–Trinajstić information content (AvgIpc) is 2.36. The molecule has 2 rings (SSSR count). The molecule has 0 saturated heterocycles. The summed E-state index contributed by atoms with van der Waals surface area (Å²) in [5.41, 5.74) is 0.636. The number of halogens is 3. The topological polar surface area (TPSA) is 29.5 Å². The van der Waals surface area contributed by atoms with Crippen molar-refractivity contribution in [1.82, 2.24) is 0 Å². The molecule has 5 heteroatoms. The molecule has 0 fully saturated rings. The highest BCUT2D eigenvalue weighted by Gasteiger charge is 2.15. The molecule has 0 aliphatic rings. The van der Waals surface area contributed by atoms with Crippen LogP contribution in [0, 0.1) is 18.6 Å². The summed E-state index contributed by atoms with van der Waals surface area (Å²) in [4.78, 5) is 0. The van der Waals surface area contributed by atoms with Crippen molar-refractivity contribution in [2.45, 2.75) is 20.0 Å². The van der Waals surface area contributed by atoms with Gasteiger partial charge in [0.2, 0.25) is 0 Å². The molecular weight excluding hydrogens is 330 g/mol. The largest absolute Gasteiger partial charge is 0.454 e. The van der Waals surface area contributed by atoms with Gasteiger partial charge in [0.15, 0.2) is 11.6 Å². The lowest BCUT2D eigenvalue weighted by Gasteiger charge is -2.15. The molecule has 2 nitrogen and oxygen atoms in total. The number of benzene rings is 2. The highest BCUT2D eigenvalue weighted by Crippen LogP contribution is 2.33. The number of hydrogen-bond donors (Lipinski definition) is 1. The maximum Gasteiger partial charge on any atom is 0.166 e. The van der Waals surface area contributed by atoms with Gasteiger partial charge < -0.3 is 9.84 Å². The van der Waals surface area contributed by atoms with Crippen LogP contribution in [0.5, 0.6) is 11.5 Å². The van der Waals surface area contributed by atoms with Crippen LogP contribution >= 0.6 is 15.9 Å². The fraction of sp³-hybridized carbons (Fsp3) is 0.200. The van der Waals surface area contributed by atoms with Crippen molar-refractivity contribution in [1.29, 1.82) is 0 Å². The molecule has 2 aromatic rings. The van der Waals surface area contributed by atoms with Crippen LogP contribution in [0.15, 0.2) is 34.8 Å². The van der Waals surface area contributed by atoms with E-state index in [1.165, 1.54) is 31.2 Å². The van der Waals surface area contributed by atoms with Crippen LogP contribution in [0.3, 0.4) is 0 Å². The number of rotatable bonds is 3. The quantitative estimate of drug-likeness (QED) is 0.861. The second kappa shape index (κ2) is 5.89. The zero-order valence-corrected chi connectivity index (χ0v) is 12.5. The highest BCUT2D eigenvalue weighted by atomic mass is 79.9. The van der Waals surface area contributed by atoms with E-state index in [1.54, 1.807) is 13.0 Å². The smallest absolute Gasteiger partial charge is 0.166 e. The Balaban J connectivity index is 2.44. The summed E-state index contributed by atoms with van der Waals surface area (Å²) in [6.07, 6.45) is -0.918. The molecule has 1 N–H and O–H groups in total. The van der Waals surface area contributed by atoms with E-state index in [1.807, 2.05) is 0 Å². The van der Waals surface area contributed by atoms with Crippen LogP contribution in [0.25, 0.3) is 0 Å². The molecule has 20 heavy (non-hydrogen) atoms. The SMILES string of the molecule is Cc1cc(Oc2ccc(Br)cc2F)c(C(C)O)cc1F. The van der Waals surface area contributed by atoms with Gasteiger partial charge in [0.05, 0.1) is 6.10 Å². The summed E-state index contributed by atoms with van der Waals surface area (Å²) in [6.45, 7) is 3.07. The minimum Gasteiger partial charge on any atom is -0.454 e. The van der Waals surface area contributed by atoms with Crippen molar-refractivity contribution in [2.75, 3.05) is 0 Å². The number of ether oxygens (including phenoxy) is 1. The molecule has 0 spiro atoms. The molecule has 0 aromatic heterocycles. The van der Waals surface area contributed by atoms with Crippen molar-refractivity contribution in [2.24, 2.45) is 0 Å². The maximum absolute atomic E-state index is 13.8. The number of aryl methyl sites for hydroxylation is 1. The Morgan fingerprint density at radius 1 is 1.10 bits per heavy atom. The Bertz CT molecular complexity index is 642. The first-order valence-electron chi connectivity index (χ1n) is 5.99. The minimum atomic E-state index is -0.918. The number of aliphatic hydroxyl groups excluding tert-OH is 1. The first-order chi connectivity index (χ1) is 9.38. The average molecular weight is 343 g/mol. The normalized spacial score (nSPS) is 12.3. The van der Waals surface area contributed by atoms with Crippen LogP contribution in [-0.2, 0) is 0 Å². The van der Waals surface area contributed by atoms with Gasteiger partial charge in [-0.1, -0.05) is 15.9 Å². The van der Waals surface area contributed by atoms with E-state index in [0.29, 0.717) is 10.0 Å². The predicted octanol–water partition coefficient (Wildman–Crippen LogP) is 4.88. The maximum atomic E-state index is 13.8. The first-order valence-corrected chi connectivity index (χ1v) is 6.79. The van der Waals surface area contributed by atoms with Gasteiger partial charge >= 0.3 is 0 Å². The Morgan fingerprint density at radius 2 is 1.80 bits per heavy atom. The third kappa shape index (κ3) is 3.16. The van der Waals surface area contributed by atoms with Gasteiger partial charge in [-0.3, -0.25) is 0 Å². The van der Waals surface area contributed by atoms with Crippen LogP contribution in [-0.4, -0.2) is 5.11 Å².